The van der Waals surface area contributed by atoms with Crippen LogP contribution in [-0.2, 0) is 12.3 Å². The van der Waals surface area contributed by atoms with Crippen LogP contribution in [0.25, 0.3) is 11.4 Å². The molecule has 0 atom stereocenters. The highest BCUT2D eigenvalue weighted by molar-refractivity contribution is 7.98. The Morgan fingerprint density at radius 1 is 0.879 bits per heavy atom. The Bertz CT molecular complexity index is 1210. The van der Waals surface area contributed by atoms with E-state index >= 15 is 0 Å². The first-order valence-corrected chi connectivity index (χ1v) is 11.1. The molecule has 0 unspecified atom stereocenters. The van der Waals surface area contributed by atoms with Crippen molar-refractivity contribution in [1.82, 2.24) is 14.8 Å². The number of ether oxygens (including phenoxy) is 2. The van der Waals surface area contributed by atoms with Crippen LogP contribution in [0.1, 0.15) is 12.5 Å². The lowest BCUT2D eigenvalue weighted by Gasteiger charge is -2.12. The lowest BCUT2D eigenvalue weighted by atomic mass is 10.2. The molecule has 0 N–H and O–H groups in total. The summed E-state index contributed by atoms with van der Waals surface area (Å²) in [6, 6.07) is 23.0. The summed E-state index contributed by atoms with van der Waals surface area (Å²) in [6.45, 7) is 2.59. The number of hydrogen-bond donors (Lipinski definition) is 0. The van der Waals surface area contributed by atoms with Gasteiger partial charge in [-0.05, 0) is 48.9 Å². The van der Waals surface area contributed by atoms with Crippen LogP contribution in [0, 0.1) is 0 Å². The average molecular weight is 472 g/mol. The van der Waals surface area contributed by atoms with E-state index in [4.69, 9.17) is 4.74 Å². The van der Waals surface area contributed by atoms with Crippen molar-refractivity contribution in [2.75, 3.05) is 0 Å². The number of nitrogens with zero attached hydrogens (tertiary/aromatic N) is 3. The van der Waals surface area contributed by atoms with Crippen molar-refractivity contribution in [3.05, 3.63) is 84.4 Å². The third-order valence-corrected chi connectivity index (χ3v) is 5.67. The summed E-state index contributed by atoms with van der Waals surface area (Å²) < 4.78 is 49.5. The van der Waals surface area contributed by atoms with Gasteiger partial charge in [0.05, 0.1) is 5.56 Å². The van der Waals surface area contributed by atoms with Crippen molar-refractivity contribution in [3.63, 3.8) is 0 Å². The summed E-state index contributed by atoms with van der Waals surface area (Å²) in [7, 11) is 0. The molecule has 170 valence electrons. The molecule has 1 heterocycles. The number of hydrogen-bond acceptors (Lipinski definition) is 5. The van der Waals surface area contributed by atoms with Gasteiger partial charge in [0.1, 0.15) is 17.2 Å². The monoisotopic (exact) mass is 471 g/mol. The van der Waals surface area contributed by atoms with Gasteiger partial charge in [0, 0.05) is 12.3 Å². The fourth-order valence-corrected chi connectivity index (χ4v) is 4.16. The molecule has 0 bridgehead atoms. The van der Waals surface area contributed by atoms with E-state index in [1.165, 1.54) is 30.0 Å². The maximum Gasteiger partial charge on any atom is 0.573 e. The van der Waals surface area contributed by atoms with Crippen LogP contribution in [0.4, 0.5) is 13.2 Å². The van der Waals surface area contributed by atoms with Crippen molar-refractivity contribution in [2.45, 2.75) is 30.7 Å². The maximum atomic E-state index is 12.5. The molecule has 0 aliphatic rings. The molecule has 0 amide bonds. The minimum Gasteiger partial charge on any atom is -0.457 e. The number of thioether (sulfide) groups is 1. The predicted molar refractivity (Wildman–Crippen MR) is 120 cm³/mol. The quantitative estimate of drug-likeness (QED) is 0.260. The van der Waals surface area contributed by atoms with E-state index in [-0.39, 0.29) is 5.75 Å². The van der Waals surface area contributed by atoms with E-state index in [1.807, 2.05) is 66.1 Å². The molecule has 4 rings (SSSR count). The molecule has 4 aromatic rings. The van der Waals surface area contributed by atoms with Gasteiger partial charge in [-0.15, -0.1) is 23.4 Å². The van der Waals surface area contributed by atoms with Crippen molar-refractivity contribution < 1.29 is 22.6 Å². The van der Waals surface area contributed by atoms with Crippen LogP contribution in [-0.4, -0.2) is 21.1 Å². The molecule has 0 spiro atoms. The number of aromatic nitrogens is 3. The molecular weight excluding hydrogens is 451 g/mol. The molecule has 0 aliphatic heterocycles. The Morgan fingerprint density at radius 2 is 1.61 bits per heavy atom. The van der Waals surface area contributed by atoms with E-state index in [1.54, 1.807) is 6.07 Å². The normalized spacial score (nSPS) is 11.4. The van der Waals surface area contributed by atoms with E-state index in [0.717, 1.165) is 5.56 Å². The Hall–Kier alpha value is -3.46. The second-order valence-electron chi connectivity index (χ2n) is 6.95. The molecule has 5 nitrogen and oxygen atoms in total. The summed E-state index contributed by atoms with van der Waals surface area (Å²) in [5, 5.41) is 9.35. The fourth-order valence-electron chi connectivity index (χ4n) is 3.22. The molecule has 9 heteroatoms. The summed E-state index contributed by atoms with van der Waals surface area (Å²) in [5.74, 6) is 2.18. The number of halogens is 3. The molecule has 3 aromatic carbocycles. The summed E-state index contributed by atoms with van der Waals surface area (Å²) in [6.07, 6.45) is -4.72. The molecule has 0 saturated heterocycles. The highest BCUT2D eigenvalue weighted by Crippen LogP contribution is 2.34. The molecule has 0 saturated carbocycles. The Labute approximate surface area is 193 Å². The highest BCUT2D eigenvalue weighted by Gasteiger charge is 2.31. The van der Waals surface area contributed by atoms with Gasteiger partial charge in [-0.1, -0.05) is 54.2 Å². The number of benzene rings is 3. The highest BCUT2D eigenvalue weighted by atomic mass is 32.2. The third kappa shape index (κ3) is 5.87. The fraction of sp³-hybridized carbons (Fsp3) is 0.167. The zero-order valence-corrected chi connectivity index (χ0v) is 18.4. The topological polar surface area (TPSA) is 49.2 Å². The smallest absolute Gasteiger partial charge is 0.457 e. The van der Waals surface area contributed by atoms with Crippen molar-refractivity contribution >= 4 is 11.8 Å². The third-order valence-electron chi connectivity index (χ3n) is 4.63. The van der Waals surface area contributed by atoms with Crippen LogP contribution >= 0.6 is 11.8 Å². The molecule has 0 aliphatic carbocycles. The van der Waals surface area contributed by atoms with E-state index < -0.39 is 6.36 Å². The standard InChI is InChI=1S/C24H20F3N3O2S/c1-2-30-22(20-13-6-7-14-21(20)31-18-10-4-3-5-11-18)28-29-23(30)33-16-17-9-8-12-19(15-17)32-24(25,26)27/h3-15H,2,16H2,1H3. The molecule has 33 heavy (non-hydrogen) atoms. The first-order valence-electron chi connectivity index (χ1n) is 10.2. The second-order valence-corrected chi connectivity index (χ2v) is 7.89. The first-order chi connectivity index (χ1) is 15.9. The van der Waals surface area contributed by atoms with E-state index in [2.05, 4.69) is 14.9 Å². The van der Waals surface area contributed by atoms with Gasteiger partial charge < -0.3 is 14.0 Å². The maximum absolute atomic E-state index is 12.5. The molecule has 1 aromatic heterocycles. The van der Waals surface area contributed by atoms with Gasteiger partial charge in [-0.2, -0.15) is 0 Å². The number of rotatable bonds is 8. The van der Waals surface area contributed by atoms with Gasteiger partial charge in [0.2, 0.25) is 0 Å². The van der Waals surface area contributed by atoms with Gasteiger partial charge in [-0.3, -0.25) is 0 Å². The number of para-hydroxylation sites is 2. The van der Waals surface area contributed by atoms with Crippen LogP contribution in [0.15, 0.2) is 84.0 Å². The van der Waals surface area contributed by atoms with Gasteiger partial charge >= 0.3 is 6.36 Å². The minimum atomic E-state index is -4.72. The van der Waals surface area contributed by atoms with Crippen LogP contribution in [0.5, 0.6) is 17.2 Å². The van der Waals surface area contributed by atoms with Crippen LogP contribution in [0.2, 0.25) is 0 Å². The van der Waals surface area contributed by atoms with Crippen molar-refractivity contribution in [3.8, 4) is 28.6 Å². The lowest BCUT2D eigenvalue weighted by molar-refractivity contribution is -0.274. The van der Waals surface area contributed by atoms with Gasteiger partial charge in [0.15, 0.2) is 11.0 Å². The largest absolute Gasteiger partial charge is 0.573 e. The first kappa shape index (κ1) is 22.7. The Balaban J connectivity index is 1.55. The van der Waals surface area contributed by atoms with E-state index in [9.17, 15) is 13.2 Å². The minimum absolute atomic E-state index is 0.245. The van der Waals surface area contributed by atoms with Crippen LogP contribution < -0.4 is 9.47 Å². The lowest BCUT2D eigenvalue weighted by Crippen LogP contribution is -2.17. The van der Waals surface area contributed by atoms with Crippen LogP contribution in [0.3, 0.4) is 0 Å². The van der Waals surface area contributed by atoms with Gasteiger partial charge in [0.25, 0.3) is 0 Å². The van der Waals surface area contributed by atoms with Gasteiger partial charge in [-0.25, -0.2) is 0 Å². The Kier molecular flexibility index (Phi) is 6.88. The predicted octanol–water partition coefficient (Wildman–Crippen LogP) is 6.95. The zero-order chi connectivity index (χ0) is 23.3. The number of alkyl halides is 3. The van der Waals surface area contributed by atoms with E-state index in [0.29, 0.717) is 40.3 Å². The summed E-state index contributed by atoms with van der Waals surface area (Å²) in [5.41, 5.74) is 1.48. The molecular formula is C24H20F3N3O2S. The molecule has 0 fully saturated rings. The second kappa shape index (κ2) is 9.99. The summed E-state index contributed by atoms with van der Waals surface area (Å²) >= 11 is 1.39. The van der Waals surface area contributed by atoms with Crippen molar-refractivity contribution in [1.29, 1.82) is 0 Å². The SMILES string of the molecule is CCn1c(SCc2cccc(OC(F)(F)F)c2)nnc1-c1ccccc1Oc1ccccc1. The summed E-state index contributed by atoms with van der Waals surface area (Å²) in [4.78, 5) is 0. The van der Waals surface area contributed by atoms with Crippen molar-refractivity contribution in [2.24, 2.45) is 0 Å². The average Bonchev–Trinajstić information content (AvgIpc) is 3.20. The Morgan fingerprint density at radius 3 is 2.36 bits per heavy atom. The zero-order valence-electron chi connectivity index (χ0n) is 17.6. The molecule has 0 radical (unpaired) electrons.